The number of nitrogens with one attached hydrogen (secondary N) is 2. The van der Waals surface area contributed by atoms with E-state index in [-0.39, 0.29) is 37.1 Å². The van der Waals surface area contributed by atoms with Crippen LogP contribution in [0.5, 0.6) is 11.5 Å². The molecular weight excluding hydrogens is 452 g/mol. The summed E-state index contributed by atoms with van der Waals surface area (Å²) in [5.74, 6) is 1.11. The Balaban J connectivity index is 1.01. The molecule has 4 aromatic rings. The van der Waals surface area contributed by atoms with E-state index < -0.39 is 0 Å². The van der Waals surface area contributed by atoms with Gasteiger partial charge in [0.25, 0.3) is 11.8 Å². The number of rotatable bonds is 8. The van der Waals surface area contributed by atoms with Gasteiger partial charge in [0.15, 0.2) is 13.2 Å². The van der Waals surface area contributed by atoms with E-state index in [2.05, 4.69) is 10.6 Å². The molecule has 1 aliphatic rings. The minimum absolute atomic E-state index is 0.0128. The fourth-order valence-electron chi connectivity index (χ4n) is 4.73. The number of carbonyl (C=O) groups is 2. The summed E-state index contributed by atoms with van der Waals surface area (Å²) in [5, 5.41) is 10.6. The highest BCUT2D eigenvalue weighted by atomic mass is 16.5. The van der Waals surface area contributed by atoms with Gasteiger partial charge in [-0.1, -0.05) is 60.7 Å². The molecule has 0 aliphatic heterocycles. The van der Waals surface area contributed by atoms with Gasteiger partial charge in [-0.05, 0) is 71.5 Å². The molecule has 4 aromatic carbocycles. The fraction of sp³-hybridized carbons (Fsp3) is 0.267. The molecule has 2 amide bonds. The monoisotopic (exact) mass is 482 g/mol. The summed E-state index contributed by atoms with van der Waals surface area (Å²) in [6.45, 7) is -0.0256. The molecule has 2 N–H and O–H groups in total. The standard InChI is InChI=1S/C30H30N2O4/c33-29(19-35-27-15-9-21-5-1-3-7-23(21)17-27)31-25-11-13-26(14-12-25)32-30(34)20-36-28-16-10-22-6-2-4-8-24(22)18-28/h1-10,15-18,25-26H,11-14,19-20H2,(H,31,33)(H,32,34). The van der Waals surface area contributed by atoms with Crippen molar-refractivity contribution in [3.8, 4) is 11.5 Å². The molecule has 6 heteroatoms. The van der Waals surface area contributed by atoms with Gasteiger partial charge in [-0.2, -0.15) is 0 Å². The lowest BCUT2D eigenvalue weighted by Gasteiger charge is -2.29. The predicted molar refractivity (Wildman–Crippen MR) is 141 cm³/mol. The number of amides is 2. The van der Waals surface area contributed by atoms with E-state index in [4.69, 9.17) is 9.47 Å². The molecule has 1 fully saturated rings. The molecule has 36 heavy (non-hydrogen) atoms. The van der Waals surface area contributed by atoms with Crippen LogP contribution >= 0.6 is 0 Å². The smallest absolute Gasteiger partial charge is 0.258 e. The number of hydrogen-bond acceptors (Lipinski definition) is 4. The summed E-state index contributed by atoms with van der Waals surface area (Å²) in [7, 11) is 0. The van der Waals surface area contributed by atoms with E-state index in [0.29, 0.717) is 11.5 Å². The molecule has 0 unspecified atom stereocenters. The maximum absolute atomic E-state index is 12.4. The summed E-state index contributed by atoms with van der Waals surface area (Å²) >= 11 is 0. The number of fused-ring (bicyclic) bond motifs is 2. The summed E-state index contributed by atoms with van der Waals surface area (Å²) in [5.41, 5.74) is 0. The summed E-state index contributed by atoms with van der Waals surface area (Å²) in [6, 6.07) is 27.9. The average Bonchev–Trinajstić information content (AvgIpc) is 2.91. The van der Waals surface area contributed by atoms with Crippen molar-refractivity contribution in [2.24, 2.45) is 0 Å². The summed E-state index contributed by atoms with van der Waals surface area (Å²) < 4.78 is 11.4. The van der Waals surface area contributed by atoms with Gasteiger partial charge in [-0.3, -0.25) is 9.59 Å². The third kappa shape index (κ3) is 6.13. The normalized spacial score (nSPS) is 17.4. The van der Waals surface area contributed by atoms with E-state index in [0.717, 1.165) is 47.2 Å². The molecule has 1 aliphatic carbocycles. The van der Waals surface area contributed by atoms with Gasteiger partial charge in [0.1, 0.15) is 11.5 Å². The zero-order valence-corrected chi connectivity index (χ0v) is 20.1. The van der Waals surface area contributed by atoms with E-state index in [1.165, 1.54) is 0 Å². The summed E-state index contributed by atoms with van der Waals surface area (Å²) in [6.07, 6.45) is 3.27. The van der Waals surface area contributed by atoms with Gasteiger partial charge in [-0.25, -0.2) is 0 Å². The van der Waals surface area contributed by atoms with Crippen LogP contribution in [0.1, 0.15) is 25.7 Å². The Morgan fingerprint density at radius 2 is 0.972 bits per heavy atom. The molecular formula is C30H30N2O4. The minimum atomic E-state index is -0.126. The molecule has 0 heterocycles. The summed E-state index contributed by atoms with van der Waals surface area (Å²) in [4.78, 5) is 24.8. The zero-order chi connectivity index (χ0) is 24.7. The minimum Gasteiger partial charge on any atom is -0.484 e. The van der Waals surface area contributed by atoms with Gasteiger partial charge in [0, 0.05) is 12.1 Å². The van der Waals surface area contributed by atoms with Crippen LogP contribution in [0.2, 0.25) is 0 Å². The topological polar surface area (TPSA) is 76.7 Å². The first kappa shape index (κ1) is 23.7. The van der Waals surface area contributed by atoms with Crippen LogP contribution in [0.4, 0.5) is 0 Å². The average molecular weight is 483 g/mol. The van der Waals surface area contributed by atoms with E-state index in [9.17, 15) is 9.59 Å². The largest absolute Gasteiger partial charge is 0.484 e. The molecule has 1 saturated carbocycles. The molecule has 0 radical (unpaired) electrons. The first-order valence-corrected chi connectivity index (χ1v) is 12.4. The lowest BCUT2D eigenvalue weighted by Crippen LogP contribution is -2.45. The Labute approximate surface area is 210 Å². The number of carbonyl (C=O) groups excluding carboxylic acids is 2. The fourth-order valence-corrected chi connectivity index (χ4v) is 4.73. The van der Waals surface area contributed by atoms with Crippen LogP contribution in [-0.2, 0) is 9.59 Å². The molecule has 6 nitrogen and oxygen atoms in total. The number of benzene rings is 4. The third-order valence-electron chi connectivity index (χ3n) is 6.64. The van der Waals surface area contributed by atoms with Crippen molar-refractivity contribution < 1.29 is 19.1 Å². The quantitative estimate of drug-likeness (QED) is 0.371. The first-order valence-electron chi connectivity index (χ1n) is 12.4. The van der Waals surface area contributed by atoms with Crippen LogP contribution in [0, 0.1) is 0 Å². The number of hydrogen-bond donors (Lipinski definition) is 2. The lowest BCUT2D eigenvalue weighted by atomic mass is 9.91. The second-order valence-electron chi connectivity index (χ2n) is 9.28. The molecule has 0 spiro atoms. The van der Waals surface area contributed by atoms with Crippen molar-refractivity contribution in [1.82, 2.24) is 10.6 Å². The maximum atomic E-state index is 12.4. The Morgan fingerprint density at radius 1 is 0.583 bits per heavy atom. The van der Waals surface area contributed by atoms with Gasteiger partial charge in [-0.15, -0.1) is 0 Å². The van der Waals surface area contributed by atoms with Crippen LogP contribution in [0.15, 0.2) is 84.9 Å². The van der Waals surface area contributed by atoms with Crippen molar-refractivity contribution in [3.63, 3.8) is 0 Å². The van der Waals surface area contributed by atoms with Crippen molar-refractivity contribution in [2.75, 3.05) is 13.2 Å². The predicted octanol–water partition coefficient (Wildman–Crippen LogP) is 4.99. The molecule has 184 valence electrons. The Kier molecular flexibility index (Phi) is 7.31. The molecule has 0 bridgehead atoms. The molecule has 0 aromatic heterocycles. The first-order chi connectivity index (χ1) is 17.6. The van der Waals surface area contributed by atoms with E-state index in [1.54, 1.807) is 0 Å². The highest BCUT2D eigenvalue weighted by molar-refractivity contribution is 5.85. The highest BCUT2D eigenvalue weighted by Crippen LogP contribution is 2.22. The lowest BCUT2D eigenvalue weighted by molar-refractivity contribution is -0.125. The van der Waals surface area contributed by atoms with Crippen molar-refractivity contribution in [1.29, 1.82) is 0 Å². The van der Waals surface area contributed by atoms with Crippen LogP contribution < -0.4 is 20.1 Å². The van der Waals surface area contributed by atoms with Crippen LogP contribution in [-0.4, -0.2) is 37.1 Å². The number of ether oxygens (including phenoxy) is 2. The second-order valence-corrected chi connectivity index (χ2v) is 9.28. The van der Waals surface area contributed by atoms with E-state index in [1.807, 2.05) is 84.9 Å². The van der Waals surface area contributed by atoms with Crippen LogP contribution in [0.25, 0.3) is 21.5 Å². The van der Waals surface area contributed by atoms with Gasteiger partial charge >= 0.3 is 0 Å². The second kappa shape index (κ2) is 11.1. The zero-order valence-electron chi connectivity index (χ0n) is 20.1. The van der Waals surface area contributed by atoms with Gasteiger partial charge in [0.05, 0.1) is 0 Å². The van der Waals surface area contributed by atoms with Crippen molar-refractivity contribution >= 4 is 33.4 Å². The van der Waals surface area contributed by atoms with Crippen molar-refractivity contribution in [2.45, 2.75) is 37.8 Å². The third-order valence-corrected chi connectivity index (χ3v) is 6.64. The maximum Gasteiger partial charge on any atom is 0.258 e. The van der Waals surface area contributed by atoms with E-state index >= 15 is 0 Å². The van der Waals surface area contributed by atoms with Gasteiger partial charge < -0.3 is 20.1 Å². The molecule has 0 saturated heterocycles. The SMILES string of the molecule is O=C(COc1ccc2ccccc2c1)NC1CCC(NC(=O)COc2ccc3ccccc3c2)CC1. The van der Waals surface area contributed by atoms with Crippen molar-refractivity contribution in [3.05, 3.63) is 84.9 Å². The Bertz CT molecular complexity index is 1260. The Morgan fingerprint density at radius 3 is 1.39 bits per heavy atom. The Hall–Kier alpha value is -4.06. The van der Waals surface area contributed by atoms with Gasteiger partial charge in [0.2, 0.25) is 0 Å². The van der Waals surface area contributed by atoms with Crippen LogP contribution in [0.3, 0.4) is 0 Å². The molecule has 5 rings (SSSR count). The highest BCUT2D eigenvalue weighted by Gasteiger charge is 2.23. The molecule has 0 atom stereocenters.